The van der Waals surface area contributed by atoms with E-state index < -0.39 is 87.3 Å². The summed E-state index contributed by atoms with van der Waals surface area (Å²) in [6.07, 6.45) is 0. The Hall–Kier alpha value is -2.83. The van der Waals surface area contributed by atoms with Crippen molar-refractivity contribution in [3.63, 3.8) is 0 Å². The molecule has 40 heavy (non-hydrogen) atoms. The van der Waals surface area contributed by atoms with Crippen LogP contribution in [0.25, 0.3) is 0 Å². The minimum absolute atomic E-state index is 0. The molecule has 0 amide bonds. The Morgan fingerprint density at radius 2 is 0.675 bits per heavy atom. The molecule has 0 radical (unpaired) electrons. The monoisotopic (exact) mass is 800 g/mol. The third-order valence-electron chi connectivity index (χ3n) is 3.58. The van der Waals surface area contributed by atoms with E-state index in [-0.39, 0.29) is 22.4 Å². The minimum Gasteiger partial charge on any atom is -0.379 e. The Balaban J connectivity index is 0.000000513. The molecule has 0 saturated heterocycles. The molecular weight excluding hydrogens is 794 g/mol. The van der Waals surface area contributed by atoms with Crippen LogP contribution in [-0.4, -0.2) is 17.5 Å². The Morgan fingerprint density at radius 3 is 0.800 bits per heavy atom. The van der Waals surface area contributed by atoms with Gasteiger partial charge in [0.15, 0.2) is 5.17 Å². The fraction of sp³-hybridized carbons (Fsp3) is 0.0952. The molecular formula is C21H6AuF15N2S. The van der Waals surface area contributed by atoms with E-state index in [0.29, 0.717) is 0 Å². The van der Waals surface area contributed by atoms with Gasteiger partial charge >= 0.3 is 22.4 Å². The summed E-state index contributed by atoms with van der Waals surface area (Å²) in [7, 11) is 0. The molecule has 4 rings (SSSR count). The summed E-state index contributed by atoms with van der Waals surface area (Å²) in [4.78, 5) is 3.89. The first-order valence-corrected chi connectivity index (χ1v) is 10.1. The molecule has 0 fully saturated rings. The number of nitrogens with two attached hydrogens (primary N) is 1. The zero-order valence-corrected chi connectivity index (χ0v) is 21.3. The second kappa shape index (κ2) is 16.4. The number of nitrogens with zero attached hydrogens (tertiary/aromatic N) is 1. The van der Waals surface area contributed by atoms with Crippen molar-refractivity contribution in [2.24, 2.45) is 10.7 Å². The molecule has 1 aliphatic heterocycles. The third-order valence-corrected chi connectivity index (χ3v) is 4.39. The van der Waals surface area contributed by atoms with Crippen LogP contribution in [0.15, 0.2) is 4.99 Å². The van der Waals surface area contributed by atoms with Crippen molar-refractivity contribution in [2.45, 2.75) is 0 Å². The van der Waals surface area contributed by atoms with Crippen LogP contribution in [0, 0.1) is 105 Å². The Bertz CT molecular complexity index is 1150. The molecule has 3 aromatic carbocycles. The van der Waals surface area contributed by atoms with Gasteiger partial charge in [-0.15, -0.1) is 18.2 Å². The van der Waals surface area contributed by atoms with Gasteiger partial charge in [-0.05, 0) is 0 Å². The molecule has 2 nitrogen and oxygen atoms in total. The average molecular weight is 800 g/mol. The molecule has 2 N–H and O–H groups in total. The number of benzene rings is 3. The van der Waals surface area contributed by atoms with Crippen molar-refractivity contribution in [3.8, 4) is 0 Å². The van der Waals surface area contributed by atoms with Gasteiger partial charge in [0, 0.05) is 5.75 Å². The predicted octanol–water partition coefficient (Wildman–Crippen LogP) is 6.59. The Kier molecular flexibility index (Phi) is 15.3. The molecule has 0 aliphatic carbocycles. The molecule has 222 valence electrons. The van der Waals surface area contributed by atoms with Crippen LogP contribution in [0.3, 0.4) is 0 Å². The SMILES string of the molecule is Fc1[c-]c(F)c(F)c(F)c1F.Fc1[c-]c(F)c(F)c(F)c1F.Fc1[c-]c(F)c(F)c(F)c1F.NC1=NCCS1.[Au+3]. The van der Waals surface area contributed by atoms with Crippen LogP contribution < -0.4 is 5.73 Å². The van der Waals surface area contributed by atoms with E-state index in [4.69, 9.17) is 5.73 Å². The summed E-state index contributed by atoms with van der Waals surface area (Å²) in [5, 5.41) is 0.745. The summed E-state index contributed by atoms with van der Waals surface area (Å²) < 4.78 is 180. The maximum absolute atomic E-state index is 12.0. The first kappa shape index (κ1) is 37.2. The van der Waals surface area contributed by atoms with E-state index in [9.17, 15) is 65.9 Å². The summed E-state index contributed by atoms with van der Waals surface area (Å²) in [5.74, 6) is -29.1. The molecule has 0 saturated carbocycles. The van der Waals surface area contributed by atoms with E-state index >= 15 is 0 Å². The Morgan fingerprint density at radius 1 is 0.450 bits per heavy atom. The molecule has 0 unspecified atom stereocenters. The topological polar surface area (TPSA) is 38.4 Å². The van der Waals surface area contributed by atoms with Crippen LogP contribution in [-0.2, 0) is 22.4 Å². The first-order valence-electron chi connectivity index (χ1n) is 9.16. The van der Waals surface area contributed by atoms with Crippen molar-refractivity contribution in [1.82, 2.24) is 0 Å². The zero-order valence-electron chi connectivity index (χ0n) is 18.3. The predicted molar refractivity (Wildman–Crippen MR) is 104 cm³/mol. The zero-order chi connectivity index (χ0) is 30.2. The fourth-order valence-corrected chi connectivity index (χ4v) is 2.41. The summed E-state index contributed by atoms with van der Waals surface area (Å²) in [6.45, 7) is 0.913. The first-order chi connectivity index (χ1) is 18.0. The Labute approximate surface area is 233 Å². The van der Waals surface area contributed by atoms with Gasteiger partial charge in [0.25, 0.3) is 0 Å². The molecule has 0 spiro atoms. The standard InChI is InChI=1S/3C6F5.C3H6N2S.Au/c3*7-2-1-3(8)5(10)6(11)4(2)9;4-3-5-1-2-6-3;/h;;;1-2H2,(H2,4,5);/q3*-1;;+3. The number of hydrogen-bond acceptors (Lipinski definition) is 3. The minimum atomic E-state index is -2.17. The van der Waals surface area contributed by atoms with Gasteiger partial charge in [0.1, 0.15) is 0 Å². The molecule has 0 aromatic heterocycles. The second-order valence-corrected chi connectivity index (χ2v) is 7.27. The van der Waals surface area contributed by atoms with E-state index in [0.717, 1.165) is 35.7 Å². The largest absolute Gasteiger partial charge is 3.00 e. The fourth-order valence-electron chi connectivity index (χ4n) is 1.84. The van der Waals surface area contributed by atoms with Crippen molar-refractivity contribution < 1.29 is 88.2 Å². The van der Waals surface area contributed by atoms with Crippen molar-refractivity contribution in [2.75, 3.05) is 12.3 Å². The normalized spacial score (nSPS) is 11.6. The maximum atomic E-state index is 12.0. The smallest absolute Gasteiger partial charge is 0.379 e. The van der Waals surface area contributed by atoms with Crippen LogP contribution in [0.5, 0.6) is 0 Å². The van der Waals surface area contributed by atoms with Crippen LogP contribution in [0.1, 0.15) is 0 Å². The van der Waals surface area contributed by atoms with Crippen LogP contribution in [0.4, 0.5) is 65.9 Å². The quantitative estimate of drug-likeness (QED) is 0.0918. The van der Waals surface area contributed by atoms with Gasteiger partial charge in [-0.25, -0.2) is 39.5 Å². The molecule has 0 bridgehead atoms. The summed E-state index contributed by atoms with van der Waals surface area (Å²) >= 11 is 1.62. The molecule has 1 aliphatic rings. The summed E-state index contributed by atoms with van der Waals surface area (Å²) in [6, 6.07) is 3.07. The van der Waals surface area contributed by atoms with Gasteiger partial charge in [-0.2, -0.15) is 0 Å². The van der Waals surface area contributed by atoms with Gasteiger partial charge in [-0.1, -0.05) is 11.8 Å². The van der Waals surface area contributed by atoms with E-state index in [1.54, 1.807) is 11.8 Å². The molecule has 0 atom stereocenters. The number of hydrogen-bond donors (Lipinski definition) is 1. The van der Waals surface area contributed by atoms with Gasteiger partial charge in [0.05, 0.1) is 93.8 Å². The number of halogens is 15. The van der Waals surface area contributed by atoms with Gasteiger partial charge < -0.3 is 5.73 Å². The van der Waals surface area contributed by atoms with Crippen LogP contribution in [0.2, 0.25) is 0 Å². The second-order valence-electron chi connectivity index (χ2n) is 6.15. The van der Waals surface area contributed by atoms with Crippen molar-refractivity contribution >= 4 is 16.9 Å². The number of thioether (sulfide) groups is 1. The third kappa shape index (κ3) is 9.97. The molecule has 19 heteroatoms. The number of aliphatic imine (C=N–C) groups is 1. The maximum Gasteiger partial charge on any atom is 3.00 e. The molecule has 1 heterocycles. The summed E-state index contributed by atoms with van der Waals surface area (Å²) in [5.41, 5.74) is 5.25. The number of rotatable bonds is 0. The van der Waals surface area contributed by atoms with E-state index in [1.807, 2.05) is 0 Å². The average Bonchev–Trinajstić information content (AvgIpc) is 3.38. The van der Waals surface area contributed by atoms with Gasteiger partial charge in [0.2, 0.25) is 0 Å². The van der Waals surface area contributed by atoms with E-state index in [1.165, 1.54) is 0 Å². The van der Waals surface area contributed by atoms with Crippen LogP contribution >= 0.6 is 11.8 Å². The number of amidine groups is 1. The van der Waals surface area contributed by atoms with Gasteiger partial charge in [-0.3, -0.25) is 31.3 Å². The van der Waals surface area contributed by atoms with E-state index in [2.05, 4.69) is 4.99 Å². The van der Waals surface area contributed by atoms with Crippen molar-refractivity contribution in [3.05, 3.63) is 105 Å². The molecule has 3 aromatic rings. The van der Waals surface area contributed by atoms with Crippen molar-refractivity contribution in [1.29, 1.82) is 0 Å².